The van der Waals surface area contributed by atoms with Crippen molar-refractivity contribution < 1.29 is 27.9 Å². The summed E-state index contributed by atoms with van der Waals surface area (Å²) in [6, 6.07) is 0. The van der Waals surface area contributed by atoms with E-state index in [0.29, 0.717) is 0 Å². The van der Waals surface area contributed by atoms with Crippen LogP contribution in [0, 0.1) is 0 Å². The number of carboxylic acid groups (broad SMARTS) is 1. The number of esters is 1. The molecular weight excluding hydrogens is 224 g/mol. The van der Waals surface area contributed by atoms with Gasteiger partial charge in [-0.3, -0.25) is 9.59 Å². The van der Waals surface area contributed by atoms with Crippen LogP contribution in [0.2, 0.25) is 0 Å². The average Bonchev–Trinajstić information content (AvgIpc) is 2.13. The number of ether oxygens (including phenoxy) is 1. The highest BCUT2D eigenvalue weighted by Crippen LogP contribution is 2.00. The molecule has 0 saturated heterocycles. The van der Waals surface area contributed by atoms with E-state index in [9.17, 15) is 18.0 Å². The largest absolute Gasteiger partial charge is 0.481 e. The highest BCUT2D eigenvalue weighted by atomic mass is 32.2. The number of carboxylic acids is 1. The third kappa shape index (κ3) is 7.92. The number of carbonyl (C=O) groups is 2. The molecule has 0 aliphatic heterocycles. The molecule has 0 aliphatic rings. The van der Waals surface area contributed by atoms with Crippen LogP contribution in [0.3, 0.4) is 0 Å². The lowest BCUT2D eigenvalue weighted by atomic mass is 10.3. The van der Waals surface area contributed by atoms with Crippen molar-refractivity contribution in [1.82, 2.24) is 0 Å². The van der Waals surface area contributed by atoms with Gasteiger partial charge in [0, 0.05) is 6.42 Å². The molecule has 0 amide bonds. The molecule has 0 aromatic heterocycles. The van der Waals surface area contributed by atoms with Crippen molar-refractivity contribution >= 4 is 21.8 Å². The second-order valence-electron chi connectivity index (χ2n) is 2.98. The number of hydrogen-bond acceptors (Lipinski definition) is 5. The average molecular weight is 238 g/mol. The Labute approximate surface area is 88.2 Å². The molecule has 7 heteroatoms. The molecule has 88 valence electrons. The molecule has 0 aliphatic carbocycles. The van der Waals surface area contributed by atoms with Crippen molar-refractivity contribution in [2.45, 2.75) is 19.3 Å². The summed E-state index contributed by atoms with van der Waals surface area (Å²) < 4.78 is 26.8. The number of methoxy groups -OCH3 is 1. The van der Waals surface area contributed by atoms with Gasteiger partial charge in [0.1, 0.15) is 0 Å². The third-order valence-corrected chi connectivity index (χ3v) is 3.43. The maximum absolute atomic E-state index is 11.2. The number of carbonyl (C=O) groups excluding carboxylic acids is 1. The number of sulfone groups is 1. The summed E-state index contributed by atoms with van der Waals surface area (Å²) in [6.07, 6.45) is -0.303. The molecule has 0 saturated carbocycles. The van der Waals surface area contributed by atoms with Crippen LogP contribution >= 0.6 is 0 Å². The SMILES string of the molecule is COC(=O)CCS(=O)(=O)CCCC(=O)O. The van der Waals surface area contributed by atoms with Crippen LogP contribution in [0.4, 0.5) is 0 Å². The van der Waals surface area contributed by atoms with E-state index in [2.05, 4.69) is 4.74 Å². The first-order chi connectivity index (χ1) is 6.87. The van der Waals surface area contributed by atoms with Gasteiger partial charge in [0.15, 0.2) is 9.84 Å². The van der Waals surface area contributed by atoms with Gasteiger partial charge in [0.25, 0.3) is 0 Å². The van der Waals surface area contributed by atoms with Crippen LogP contribution in [0.5, 0.6) is 0 Å². The molecule has 0 radical (unpaired) electrons. The highest BCUT2D eigenvalue weighted by Gasteiger charge is 2.14. The van der Waals surface area contributed by atoms with E-state index in [-0.39, 0.29) is 30.8 Å². The zero-order valence-corrected chi connectivity index (χ0v) is 9.25. The second kappa shape index (κ2) is 6.39. The summed E-state index contributed by atoms with van der Waals surface area (Å²) in [7, 11) is -2.17. The molecule has 0 bridgehead atoms. The Hall–Kier alpha value is -1.11. The summed E-state index contributed by atoms with van der Waals surface area (Å²) in [5.74, 6) is -2.12. The Kier molecular flexibility index (Phi) is 5.92. The van der Waals surface area contributed by atoms with Crippen LogP contribution in [0.1, 0.15) is 19.3 Å². The summed E-state index contributed by atoms with van der Waals surface area (Å²) in [4.78, 5) is 20.8. The van der Waals surface area contributed by atoms with Gasteiger partial charge in [-0.1, -0.05) is 0 Å². The second-order valence-corrected chi connectivity index (χ2v) is 5.28. The van der Waals surface area contributed by atoms with Gasteiger partial charge in [-0.2, -0.15) is 0 Å². The van der Waals surface area contributed by atoms with Gasteiger partial charge >= 0.3 is 11.9 Å². The molecule has 0 rings (SSSR count). The van der Waals surface area contributed by atoms with Crippen molar-refractivity contribution in [3.05, 3.63) is 0 Å². The van der Waals surface area contributed by atoms with Crippen molar-refractivity contribution in [1.29, 1.82) is 0 Å². The standard InChI is InChI=1S/C8H14O6S/c1-14-8(11)4-6-15(12,13)5-2-3-7(9)10/h2-6H2,1H3,(H,9,10). The molecule has 0 heterocycles. The predicted molar refractivity (Wildman–Crippen MR) is 52.2 cm³/mol. The fourth-order valence-electron chi connectivity index (χ4n) is 0.886. The van der Waals surface area contributed by atoms with Gasteiger partial charge < -0.3 is 9.84 Å². The summed E-state index contributed by atoms with van der Waals surface area (Å²) >= 11 is 0. The van der Waals surface area contributed by atoms with Crippen molar-refractivity contribution in [3.8, 4) is 0 Å². The minimum Gasteiger partial charge on any atom is -0.481 e. The number of aliphatic carboxylic acids is 1. The van der Waals surface area contributed by atoms with E-state index in [0.717, 1.165) is 0 Å². The smallest absolute Gasteiger partial charge is 0.306 e. The van der Waals surface area contributed by atoms with Crippen molar-refractivity contribution in [2.24, 2.45) is 0 Å². The molecule has 0 unspecified atom stereocenters. The molecule has 0 aromatic rings. The maximum Gasteiger partial charge on any atom is 0.306 e. The number of rotatable bonds is 7. The first kappa shape index (κ1) is 13.9. The molecule has 0 spiro atoms. The van der Waals surface area contributed by atoms with E-state index in [1.165, 1.54) is 7.11 Å². The summed E-state index contributed by atoms with van der Waals surface area (Å²) in [5.41, 5.74) is 0. The van der Waals surface area contributed by atoms with Crippen LogP contribution in [0.15, 0.2) is 0 Å². The summed E-state index contributed by atoms with van der Waals surface area (Å²) in [6.45, 7) is 0. The zero-order valence-electron chi connectivity index (χ0n) is 8.43. The Balaban J connectivity index is 3.87. The van der Waals surface area contributed by atoms with Gasteiger partial charge in [-0.05, 0) is 6.42 Å². The highest BCUT2D eigenvalue weighted by molar-refractivity contribution is 7.91. The third-order valence-electron chi connectivity index (χ3n) is 1.69. The molecule has 0 fully saturated rings. The van der Waals surface area contributed by atoms with Crippen LogP contribution in [-0.4, -0.2) is 44.1 Å². The van der Waals surface area contributed by atoms with Crippen molar-refractivity contribution in [2.75, 3.05) is 18.6 Å². The van der Waals surface area contributed by atoms with Gasteiger partial charge in [-0.25, -0.2) is 8.42 Å². The van der Waals surface area contributed by atoms with Crippen LogP contribution in [0.25, 0.3) is 0 Å². The lowest BCUT2D eigenvalue weighted by Gasteiger charge is -2.02. The minimum absolute atomic E-state index is 0.0683. The van der Waals surface area contributed by atoms with E-state index in [1.54, 1.807) is 0 Å². The van der Waals surface area contributed by atoms with E-state index in [1.807, 2.05) is 0 Å². The van der Waals surface area contributed by atoms with Crippen molar-refractivity contribution in [3.63, 3.8) is 0 Å². The fraction of sp³-hybridized carbons (Fsp3) is 0.750. The van der Waals surface area contributed by atoms with Crippen LogP contribution in [-0.2, 0) is 24.2 Å². The monoisotopic (exact) mass is 238 g/mol. The molecular formula is C8H14O6S. The zero-order chi connectivity index (χ0) is 11.9. The quantitative estimate of drug-likeness (QED) is 0.618. The molecule has 6 nitrogen and oxygen atoms in total. The van der Waals surface area contributed by atoms with E-state index < -0.39 is 21.8 Å². The van der Waals surface area contributed by atoms with Gasteiger partial charge in [-0.15, -0.1) is 0 Å². The molecule has 15 heavy (non-hydrogen) atoms. The predicted octanol–water partition coefficient (Wildman–Crippen LogP) is -0.171. The van der Waals surface area contributed by atoms with Gasteiger partial charge in [0.2, 0.25) is 0 Å². The lowest BCUT2D eigenvalue weighted by Crippen LogP contribution is -2.16. The Morgan fingerprint density at radius 3 is 2.27 bits per heavy atom. The van der Waals surface area contributed by atoms with E-state index in [4.69, 9.17) is 5.11 Å². The normalized spacial score (nSPS) is 11.0. The Morgan fingerprint density at radius 2 is 1.80 bits per heavy atom. The minimum atomic E-state index is -3.35. The number of hydrogen-bond donors (Lipinski definition) is 1. The van der Waals surface area contributed by atoms with E-state index >= 15 is 0 Å². The van der Waals surface area contributed by atoms with Gasteiger partial charge in [0.05, 0.1) is 25.0 Å². The topological polar surface area (TPSA) is 97.7 Å². The Morgan fingerprint density at radius 1 is 1.20 bits per heavy atom. The van der Waals surface area contributed by atoms with Crippen LogP contribution < -0.4 is 0 Å². The molecule has 0 atom stereocenters. The maximum atomic E-state index is 11.2. The fourth-order valence-corrected chi connectivity index (χ4v) is 2.15. The first-order valence-electron chi connectivity index (χ1n) is 4.36. The molecule has 1 N–H and O–H groups in total. The summed E-state index contributed by atoms with van der Waals surface area (Å²) in [5, 5.41) is 8.30. The first-order valence-corrected chi connectivity index (χ1v) is 6.18. The molecule has 0 aromatic carbocycles. The Bertz CT molecular complexity index is 318. The lowest BCUT2D eigenvalue weighted by molar-refractivity contribution is -0.140.